The highest BCUT2D eigenvalue weighted by atomic mass is 16.2. The van der Waals surface area contributed by atoms with Gasteiger partial charge in [-0.1, -0.05) is 24.3 Å². The normalized spacial score (nSPS) is 10.1. The Morgan fingerprint density at radius 2 is 1.77 bits per heavy atom. The number of para-hydroxylation sites is 1. The zero-order valence-corrected chi connectivity index (χ0v) is 12.6. The van der Waals surface area contributed by atoms with E-state index >= 15 is 0 Å². The van der Waals surface area contributed by atoms with Gasteiger partial charge in [-0.05, 0) is 43.2 Å². The standard InChI is InChI=1S/C17H19N3O2/c1-11-7-8-12(2)15(9-11)19-10-16(21)20-14-6-4-3-5-13(14)17(18)22/h3-9,19H,10H2,1-2H3,(H2,18,22)(H,20,21). The minimum Gasteiger partial charge on any atom is -0.376 e. The zero-order chi connectivity index (χ0) is 16.1. The van der Waals surface area contributed by atoms with Crippen LogP contribution >= 0.6 is 0 Å². The van der Waals surface area contributed by atoms with Crippen LogP contribution < -0.4 is 16.4 Å². The van der Waals surface area contributed by atoms with Crippen molar-refractivity contribution in [1.29, 1.82) is 0 Å². The van der Waals surface area contributed by atoms with Gasteiger partial charge in [0.15, 0.2) is 0 Å². The molecule has 114 valence electrons. The van der Waals surface area contributed by atoms with E-state index in [0.717, 1.165) is 16.8 Å². The highest BCUT2D eigenvalue weighted by Gasteiger charge is 2.10. The first-order valence-electron chi connectivity index (χ1n) is 6.97. The summed E-state index contributed by atoms with van der Waals surface area (Å²) in [4.78, 5) is 23.4. The molecule has 5 nitrogen and oxygen atoms in total. The molecule has 0 aliphatic carbocycles. The van der Waals surface area contributed by atoms with Crippen molar-refractivity contribution in [1.82, 2.24) is 0 Å². The lowest BCUT2D eigenvalue weighted by Crippen LogP contribution is -2.24. The van der Waals surface area contributed by atoms with Gasteiger partial charge >= 0.3 is 0 Å². The van der Waals surface area contributed by atoms with E-state index in [1.54, 1.807) is 24.3 Å². The van der Waals surface area contributed by atoms with Gasteiger partial charge < -0.3 is 16.4 Å². The predicted octanol–water partition coefficient (Wildman–Crippen LogP) is 2.45. The fourth-order valence-electron chi connectivity index (χ4n) is 2.10. The minimum atomic E-state index is -0.571. The highest BCUT2D eigenvalue weighted by molar-refractivity contribution is 6.03. The first-order chi connectivity index (χ1) is 10.5. The smallest absolute Gasteiger partial charge is 0.250 e. The molecule has 22 heavy (non-hydrogen) atoms. The van der Waals surface area contributed by atoms with Gasteiger partial charge in [0.05, 0.1) is 17.8 Å². The molecule has 0 bridgehead atoms. The maximum absolute atomic E-state index is 12.0. The molecule has 0 aliphatic heterocycles. The Morgan fingerprint density at radius 3 is 2.50 bits per heavy atom. The van der Waals surface area contributed by atoms with E-state index in [0.29, 0.717) is 11.3 Å². The van der Waals surface area contributed by atoms with Crippen LogP contribution in [0.2, 0.25) is 0 Å². The SMILES string of the molecule is Cc1ccc(C)c(NCC(=O)Nc2ccccc2C(N)=O)c1. The van der Waals surface area contributed by atoms with Crippen molar-refractivity contribution in [2.75, 3.05) is 17.2 Å². The number of hydrogen-bond donors (Lipinski definition) is 3. The van der Waals surface area contributed by atoms with Gasteiger partial charge in [-0.2, -0.15) is 0 Å². The third-order valence-corrected chi connectivity index (χ3v) is 3.30. The van der Waals surface area contributed by atoms with Crippen LogP contribution in [-0.2, 0) is 4.79 Å². The summed E-state index contributed by atoms with van der Waals surface area (Å²) < 4.78 is 0. The molecule has 5 heteroatoms. The zero-order valence-electron chi connectivity index (χ0n) is 12.6. The molecule has 0 radical (unpaired) electrons. The fraction of sp³-hybridized carbons (Fsp3) is 0.176. The molecule has 0 saturated heterocycles. The highest BCUT2D eigenvalue weighted by Crippen LogP contribution is 2.17. The third-order valence-electron chi connectivity index (χ3n) is 3.30. The van der Waals surface area contributed by atoms with Gasteiger partial charge in [0.2, 0.25) is 5.91 Å². The van der Waals surface area contributed by atoms with E-state index in [4.69, 9.17) is 5.73 Å². The number of nitrogens with one attached hydrogen (secondary N) is 2. The first-order valence-corrected chi connectivity index (χ1v) is 6.97. The molecule has 0 heterocycles. The second-order valence-electron chi connectivity index (χ2n) is 5.13. The number of hydrogen-bond acceptors (Lipinski definition) is 3. The summed E-state index contributed by atoms with van der Waals surface area (Å²) >= 11 is 0. The van der Waals surface area contributed by atoms with Crippen LogP contribution in [0.4, 0.5) is 11.4 Å². The second kappa shape index (κ2) is 6.76. The molecular formula is C17H19N3O2. The largest absolute Gasteiger partial charge is 0.376 e. The number of aryl methyl sites for hydroxylation is 2. The number of benzene rings is 2. The molecular weight excluding hydrogens is 278 g/mol. The molecule has 0 unspecified atom stereocenters. The fourth-order valence-corrected chi connectivity index (χ4v) is 2.10. The predicted molar refractivity (Wildman–Crippen MR) is 88.0 cm³/mol. The van der Waals surface area contributed by atoms with Crippen molar-refractivity contribution in [3.63, 3.8) is 0 Å². The monoisotopic (exact) mass is 297 g/mol. The summed E-state index contributed by atoms with van der Waals surface area (Å²) in [6, 6.07) is 12.7. The first kappa shape index (κ1) is 15.6. The Hall–Kier alpha value is -2.82. The maximum atomic E-state index is 12.0. The molecule has 0 aromatic heterocycles. The average Bonchev–Trinajstić information content (AvgIpc) is 2.48. The number of rotatable bonds is 5. The molecule has 0 atom stereocenters. The van der Waals surface area contributed by atoms with Crippen LogP contribution in [0.5, 0.6) is 0 Å². The van der Waals surface area contributed by atoms with E-state index in [2.05, 4.69) is 10.6 Å². The Balaban J connectivity index is 2.02. The van der Waals surface area contributed by atoms with Crippen molar-refractivity contribution in [2.24, 2.45) is 5.73 Å². The molecule has 0 spiro atoms. The molecule has 2 rings (SSSR count). The second-order valence-corrected chi connectivity index (χ2v) is 5.13. The summed E-state index contributed by atoms with van der Waals surface area (Å²) in [5.74, 6) is -0.812. The van der Waals surface area contributed by atoms with Gasteiger partial charge in [0.25, 0.3) is 5.91 Å². The number of anilines is 2. The van der Waals surface area contributed by atoms with Gasteiger partial charge in [0, 0.05) is 5.69 Å². The molecule has 2 aromatic carbocycles. The molecule has 0 aliphatic rings. The number of amides is 2. The molecule has 0 saturated carbocycles. The van der Waals surface area contributed by atoms with Gasteiger partial charge in [-0.3, -0.25) is 9.59 Å². The van der Waals surface area contributed by atoms with Crippen LogP contribution in [-0.4, -0.2) is 18.4 Å². The van der Waals surface area contributed by atoms with E-state index < -0.39 is 5.91 Å². The van der Waals surface area contributed by atoms with E-state index in [-0.39, 0.29) is 12.5 Å². The average molecular weight is 297 g/mol. The number of nitrogens with two attached hydrogens (primary N) is 1. The van der Waals surface area contributed by atoms with Crippen LogP contribution in [0.15, 0.2) is 42.5 Å². The van der Waals surface area contributed by atoms with Crippen LogP contribution in [0.3, 0.4) is 0 Å². The maximum Gasteiger partial charge on any atom is 0.250 e. The number of carbonyl (C=O) groups excluding carboxylic acids is 2. The van der Waals surface area contributed by atoms with Crippen LogP contribution in [0.1, 0.15) is 21.5 Å². The summed E-state index contributed by atoms with van der Waals surface area (Å²) in [6.45, 7) is 4.08. The van der Waals surface area contributed by atoms with Crippen molar-refractivity contribution in [3.8, 4) is 0 Å². The van der Waals surface area contributed by atoms with E-state index in [1.165, 1.54) is 0 Å². The number of primary amides is 1. The lowest BCUT2D eigenvalue weighted by atomic mass is 10.1. The van der Waals surface area contributed by atoms with Crippen molar-refractivity contribution < 1.29 is 9.59 Å². The van der Waals surface area contributed by atoms with Gasteiger partial charge in [-0.15, -0.1) is 0 Å². The Kier molecular flexibility index (Phi) is 4.78. The summed E-state index contributed by atoms with van der Waals surface area (Å²) in [5, 5.41) is 5.79. The van der Waals surface area contributed by atoms with Crippen molar-refractivity contribution in [3.05, 3.63) is 59.2 Å². The minimum absolute atomic E-state index is 0.109. The van der Waals surface area contributed by atoms with Crippen molar-refractivity contribution in [2.45, 2.75) is 13.8 Å². The molecule has 0 fully saturated rings. The Morgan fingerprint density at radius 1 is 1.05 bits per heavy atom. The topological polar surface area (TPSA) is 84.2 Å². The molecule has 4 N–H and O–H groups in total. The van der Waals surface area contributed by atoms with Gasteiger partial charge in [-0.25, -0.2) is 0 Å². The van der Waals surface area contributed by atoms with E-state index in [9.17, 15) is 9.59 Å². The summed E-state index contributed by atoms with van der Waals surface area (Å²) in [6.07, 6.45) is 0. The lowest BCUT2D eigenvalue weighted by Gasteiger charge is -2.12. The Labute approximate surface area is 129 Å². The van der Waals surface area contributed by atoms with Crippen molar-refractivity contribution >= 4 is 23.2 Å². The summed E-state index contributed by atoms with van der Waals surface area (Å²) in [5.41, 5.74) is 9.10. The third kappa shape index (κ3) is 3.85. The Bertz CT molecular complexity index is 711. The molecule has 2 aromatic rings. The van der Waals surface area contributed by atoms with Gasteiger partial charge in [0.1, 0.15) is 0 Å². The van der Waals surface area contributed by atoms with Crippen LogP contribution in [0.25, 0.3) is 0 Å². The molecule has 2 amide bonds. The lowest BCUT2D eigenvalue weighted by molar-refractivity contribution is -0.114. The number of carbonyl (C=O) groups is 2. The quantitative estimate of drug-likeness (QED) is 0.792. The summed E-state index contributed by atoms with van der Waals surface area (Å²) in [7, 11) is 0. The van der Waals surface area contributed by atoms with Crippen LogP contribution in [0, 0.1) is 13.8 Å². The van der Waals surface area contributed by atoms with E-state index in [1.807, 2.05) is 32.0 Å².